The van der Waals surface area contributed by atoms with Gasteiger partial charge in [0.25, 0.3) is 5.91 Å². The van der Waals surface area contributed by atoms with Gasteiger partial charge in [0, 0.05) is 25.9 Å². The van der Waals surface area contributed by atoms with E-state index in [4.69, 9.17) is 11.6 Å². The molecule has 0 aliphatic carbocycles. The van der Waals surface area contributed by atoms with E-state index in [1.165, 1.54) is 4.90 Å². The molecule has 2 heterocycles. The van der Waals surface area contributed by atoms with Crippen molar-refractivity contribution in [2.75, 3.05) is 51.1 Å². The summed E-state index contributed by atoms with van der Waals surface area (Å²) in [5.41, 5.74) is 0.624. The summed E-state index contributed by atoms with van der Waals surface area (Å²) in [4.78, 5) is 41.4. The number of hydrogen-bond acceptors (Lipinski definition) is 3. The van der Waals surface area contributed by atoms with E-state index in [-0.39, 0.29) is 23.6 Å². The summed E-state index contributed by atoms with van der Waals surface area (Å²) in [5, 5.41) is 3.38. The Hall–Kier alpha value is -2.12. The van der Waals surface area contributed by atoms with E-state index in [0.29, 0.717) is 43.4 Å². The van der Waals surface area contributed by atoms with E-state index in [0.717, 1.165) is 25.9 Å². The first kappa shape index (κ1) is 20.6. The van der Waals surface area contributed by atoms with E-state index in [9.17, 15) is 14.4 Å². The molecular formula is C20H28ClN4O3+. The van der Waals surface area contributed by atoms with Crippen molar-refractivity contribution in [2.24, 2.45) is 5.92 Å². The van der Waals surface area contributed by atoms with Crippen LogP contribution in [0.5, 0.6) is 0 Å². The molecule has 8 heteroatoms. The molecule has 2 aliphatic heterocycles. The van der Waals surface area contributed by atoms with Crippen molar-refractivity contribution in [3.8, 4) is 0 Å². The molecular weight excluding hydrogens is 380 g/mol. The van der Waals surface area contributed by atoms with Crippen molar-refractivity contribution in [1.29, 1.82) is 0 Å². The van der Waals surface area contributed by atoms with Crippen molar-refractivity contribution >= 4 is 35.0 Å². The number of benzene rings is 1. The van der Waals surface area contributed by atoms with Crippen molar-refractivity contribution < 1.29 is 19.3 Å². The maximum absolute atomic E-state index is 12.8. The zero-order valence-corrected chi connectivity index (χ0v) is 17.0. The molecule has 2 N–H and O–H groups in total. The summed E-state index contributed by atoms with van der Waals surface area (Å²) in [7, 11) is 0. The maximum atomic E-state index is 12.8. The van der Waals surface area contributed by atoms with Gasteiger partial charge in [0.2, 0.25) is 11.8 Å². The number of amides is 3. The first-order valence-corrected chi connectivity index (χ1v) is 10.2. The average molecular weight is 408 g/mol. The van der Waals surface area contributed by atoms with Crippen LogP contribution in [0, 0.1) is 5.92 Å². The third-order valence-electron chi connectivity index (χ3n) is 5.63. The van der Waals surface area contributed by atoms with Crippen LogP contribution in [0.4, 0.5) is 5.69 Å². The Kier molecular flexibility index (Phi) is 6.91. The molecule has 0 unspecified atom stereocenters. The van der Waals surface area contributed by atoms with Crippen LogP contribution in [0.2, 0.25) is 5.02 Å². The number of piperazine rings is 1. The molecule has 152 valence electrons. The lowest BCUT2D eigenvalue weighted by Gasteiger charge is -2.36. The summed E-state index contributed by atoms with van der Waals surface area (Å²) in [6.07, 6.45) is 1.48. The van der Waals surface area contributed by atoms with E-state index >= 15 is 0 Å². The number of quaternary nitrogens is 1. The zero-order valence-electron chi connectivity index (χ0n) is 16.2. The van der Waals surface area contributed by atoms with Crippen molar-refractivity contribution in [3.63, 3.8) is 0 Å². The van der Waals surface area contributed by atoms with Crippen LogP contribution in [0.1, 0.15) is 19.8 Å². The quantitative estimate of drug-likeness (QED) is 0.752. The summed E-state index contributed by atoms with van der Waals surface area (Å²) >= 11 is 6.08. The topological polar surface area (TPSA) is 74.2 Å². The Labute approximate surface area is 170 Å². The first-order valence-electron chi connectivity index (χ1n) is 9.86. The highest BCUT2D eigenvalue weighted by molar-refractivity contribution is 6.33. The smallest absolute Gasteiger partial charge is 0.279 e. The van der Waals surface area contributed by atoms with Gasteiger partial charge in [0.15, 0.2) is 6.54 Å². The number of carbonyl (C=O) groups is 3. The molecule has 0 spiro atoms. The van der Waals surface area contributed by atoms with Crippen molar-refractivity contribution in [1.82, 2.24) is 9.80 Å². The summed E-state index contributed by atoms with van der Waals surface area (Å²) < 4.78 is 0. The number of nitrogens with one attached hydrogen (secondary N) is 2. The summed E-state index contributed by atoms with van der Waals surface area (Å²) in [6, 6.07) is 7.18. The molecule has 0 bridgehead atoms. The third kappa shape index (κ3) is 5.23. The summed E-state index contributed by atoms with van der Waals surface area (Å²) in [6.45, 7) is 6.12. The van der Waals surface area contributed by atoms with E-state index < -0.39 is 0 Å². The standard InChI is InChI=1S/C20H27ClN4O3/c1-15(26)24-8-6-16(7-9-24)20(28)25-12-10-23(11-13-25)14-19(27)22-18-5-3-2-4-17(18)21/h2-5,16H,6-14H2,1H3,(H,22,27)/p+1. The minimum atomic E-state index is -0.0699. The van der Waals surface area contributed by atoms with Gasteiger partial charge in [0.05, 0.1) is 36.9 Å². The second kappa shape index (κ2) is 9.39. The number of hydrogen-bond donors (Lipinski definition) is 2. The molecule has 1 aromatic carbocycles. The predicted molar refractivity (Wildman–Crippen MR) is 107 cm³/mol. The number of carbonyl (C=O) groups excluding carboxylic acids is 3. The van der Waals surface area contributed by atoms with Gasteiger partial charge in [-0.1, -0.05) is 23.7 Å². The number of anilines is 1. The number of likely N-dealkylation sites (tertiary alicyclic amines) is 1. The number of para-hydroxylation sites is 1. The van der Waals surface area contributed by atoms with Crippen LogP contribution in [0.3, 0.4) is 0 Å². The van der Waals surface area contributed by atoms with E-state index in [1.807, 2.05) is 21.9 Å². The molecule has 7 nitrogen and oxygen atoms in total. The fourth-order valence-corrected chi connectivity index (χ4v) is 4.09. The molecule has 1 aromatic rings. The average Bonchev–Trinajstić information content (AvgIpc) is 2.70. The molecule has 0 atom stereocenters. The monoisotopic (exact) mass is 407 g/mol. The lowest BCUT2D eigenvalue weighted by atomic mass is 9.95. The SMILES string of the molecule is CC(=O)N1CCC(C(=O)N2CC[NH+](CC(=O)Nc3ccccc3Cl)CC2)CC1. The second-order valence-corrected chi connectivity index (χ2v) is 7.97. The van der Waals surface area contributed by atoms with E-state index in [2.05, 4.69) is 5.32 Å². The van der Waals surface area contributed by atoms with Gasteiger partial charge >= 0.3 is 0 Å². The fraction of sp³-hybridized carbons (Fsp3) is 0.550. The van der Waals surface area contributed by atoms with Crippen LogP contribution in [-0.4, -0.2) is 73.3 Å². The van der Waals surface area contributed by atoms with Gasteiger partial charge in [0.1, 0.15) is 0 Å². The van der Waals surface area contributed by atoms with Gasteiger partial charge in [-0.05, 0) is 25.0 Å². The fourth-order valence-electron chi connectivity index (χ4n) is 3.90. The number of nitrogens with zero attached hydrogens (tertiary/aromatic N) is 2. The molecule has 2 fully saturated rings. The lowest BCUT2D eigenvalue weighted by molar-refractivity contribution is -0.895. The third-order valence-corrected chi connectivity index (χ3v) is 5.96. The molecule has 28 heavy (non-hydrogen) atoms. The second-order valence-electron chi connectivity index (χ2n) is 7.56. The highest BCUT2D eigenvalue weighted by Crippen LogP contribution is 2.21. The Morgan fingerprint density at radius 3 is 2.32 bits per heavy atom. The molecule has 2 saturated heterocycles. The van der Waals surface area contributed by atoms with Crippen molar-refractivity contribution in [2.45, 2.75) is 19.8 Å². The van der Waals surface area contributed by atoms with Crippen molar-refractivity contribution in [3.05, 3.63) is 29.3 Å². The molecule has 0 radical (unpaired) electrons. The van der Waals surface area contributed by atoms with Gasteiger partial charge in [-0.15, -0.1) is 0 Å². The predicted octanol–water partition coefficient (Wildman–Crippen LogP) is 0.264. The highest BCUT2D eigenvalue weighted by Gasteiger charge is 2.32. The van der Waals surface area contributed by atoms with Gasteiger partial charge in [-0.3, -0.25) is 14.4 Å². The van der Waals surface area contributed by atoms with Crippen LogP contribution in [-0.2, 0) is 14.4 Å². The molecule has 0 saturated carbocycles. The van der Waals surface area contributed by atoms with Gasteiger partial charge in [-0.2, -0.15) is 0 Å². The van der Waals surface area contributed by atoms with Gasteiger partial charge < -0.3 is 20.0 Å². The molecule has 2 aliphatic rings. The molecule has 0 aromatic heterocycles. The van der Waals surface area contributed by atoms with E-state index in [1.54, 1.807) is 19.1 Å². The first-order chi connectivity index (χ1) is 13.4. The highest BCUT2D eigenvalue weighted by atomic mass is 35.5. The Morgan fingerprint density at radius 2 is 1.71 bits per heavy atom. The number of halogens is 1. The summed E-state index contributed by atoms with van der Waals surface area (Å²) in [5.74, 6) is 0.223. The largest absolute Gasteiger partial charge is 0.343 e. The normalized spacial score (nSPS) is 18.8. The van der Waals surface area contributed by atoms with Crippen LogP contribution >= 0.6 is 11.6 Å². The van der Waals surface area contributed by atoms with Crippen LogP contribution in [0.15, 0.2) is 24.3 Å². The Morgan fingerprint density at radius 1 is 1.07 bits per heavy atom. The zero-order chi connectivity index (χ0) is 20.1. The molecule has 3 amide bonds. The van der Waals surface area contributed by atoms with Crippen LogP contribution < -0.4 is 10.2 Å². The number of rotatable bonds is 4. The Balaban J connectivity index is 1.42. The minimum Gasteiger partial charge on any atom is -0.343 e. The number of piperidine rings is 1. The Bertz CT molecular complexity index is 726. The van der Waals surface area contributed by atoms with Crippen LogP contribution in [0.25, 0.3) is 0 Å². The minimum absolute atomic E-state index is 0.0145. The lowest BCUT2D eigenvalue weighted by Crippen LogP contribution is -3.15. The maximum Gasteiger partial charge on any atom is 0.279 e. The van der Waals surface area contributed by atoms with Gasteiger partial charge in [-0.25, -0.2) is 0 Å². The molecule has 3 rings (SSSR count).